The van der Waals surface area contributed by atoms with Gasteiger partial charge < -0.3 is 10.6 Å². The zero-order chi connectivity index (χ0) is 15.1. The van der Waals surface area contributed by atoms with Crippen LogP contribution >= 0.6 is 0 Å². The van der Waals surface area contributed by atoms with E-state index in [2.05, 4.69) is 0 Å². The van der Waals surface area contributed by atoms with Gasteiger partial charge in [-0.1, -0.05) is 0 Å². The Bertz CT molecular complexity index is 616. The van der Waals surface area contributed by atoms with Crippen molar-refractivity contribution in [2.24, 2.45) is 0 Å². The fourth-order valence-electron chi connectivity index (χ4n) is 2.44. The monoisotopic (exact) mass is 301 g/mol. The van der Waals surface area contributed by atoms with Crippen LogP contribution in [0.5, 0.6) is 0 Å². The van der Waals surface area contributed by atoms with Crippen molar-refractivity contribution < 1.29 is 12.8 Å². The van der Waals surface area contributed by atoms with E-state index >= 15 is 0 Å². The Balaban J connectivity index is 2.37. The van der Waals surface area contributed by atoms with Crippen LogP contribution in [0.2, 0.25) is 0 Å². The summed E-state index contributed by atoms with van der Waals surface area (Å²) in [4.78, 5) is 1.66. The van der Waals surface area contributed by atoms with Crippen molar-refractivity contribution in [2.45, 2.75) is 24.3 Å². The van der Waals surface area contributed by atoms with E-state index in [9.17, 15) is 12.8 Å². The van der Waals surface area contributed by atoms with Gasteiger partial charge in [-0.3, -0.25) is 0 Å². The third-order valence-corrected chi connectivity index (χ3v) is 5.58. The molecule has 0 amide bonds. The second-order valence-electron chi connectivity index (χ2n) is 5.42. The van der Waals surface area contributed by atoms with Gasteiger partial charge in [-0.05, 0) is 45.1 Å². The van der Waals surface area contributed by atoms with E-state index in [0.29, 0.717) is 13.1 Å². The summed E-state index contributed by atoms with van der Waals surface area (Å²) in [5, 5.41) is 0. The maximum atomic E-state index is 14.1. The first-order valence-electron chi connectivity index (χ1n) is 6.45. The first kappa shape index (κ1) is 15.2. The van der Waals surface area contributed by atoms with E-state index in [0.717, 1.165) is 6.42 Å². The normalized spacial score (nSPS) is 20.8. The number of nitrogens with two attached hydrogens (primary N) is 1. The number of rotatable bonds is 3. The summed E-state index contributed by atoms with van der Waals surface area (Å²) in [5.74, 6) is -0.715. The maximum Gasteiger partial charge on any atom is 0.246 e. The second kappa shape index (κ2) is 5.31. The van der Waals surface area contributed by atoms with Gasteiger partial charge in [-0.2, -0.15) is 4.31 Å². The molecule has 0 saturated carbocycles. The van der Waals surface area contributed by atoms with Crippen molar-refractivity contribution in [3.05, 3.63) is 23.5 Å². The van der Waals surface area contributed by atoms with Gasteiger partial charge in [0.15, 0.2) is 0 Å². The lowest BCUT2D eigenvalue weighted by Gasteiger charge is -2.21. The third-order valence-electron chi connectivity index (χ3n) is 3.72. The molecule has 1 aliphatic rings. The van der Waals surface area contributed by atoms with Gasteiger partial charge in [0.25, 0.3) is 0 Å². The molecule has 1 unspecified atom stereocenters. The van der Waals surface area contributed by atoms with E-state index in [-0.39, 0.29) is 22.2 Å². The van der Waals surface area contributed by atoms with Crippen molar-refractivity contribution in [2.75, 3.05) is 32.9 Å². The Morgan fingerprint density at radius 2 is 2.05 bits per heavy atom. The summed E-state index contributed by atoms with van der Waals surface area (Å²) in [7, 11) is -0.0116. The molecule has 1 saturated heterocycles. The fraction of sp³-hybridized carbons (Fsp3) is 0.538. The van der Waals surface area contributed by atoms with Gasteiger partial charge >= 0.3 is 0 Å². The molecule has 0 spiro atoms. The van der Waals surface area contributed by atoms with Crippen LogP contribution in [0.4, 0.5) is 10.1 Å². The molecule has 1 aliphatic heterocycles. The van der Waals surface area contributed by atoms with Crippen molar-refractivity contribution in [1.82, 2.24) is 9.21 Å². The SMILES string of the molecule is Cc1cc(N)cc(S(=O)(=O)N2CCC(N(C)C)C2)c1F. The van der Waals surface area contributed by atoms with Crippen LogP contribution in [-0.2, 0) is 10.0 Å². The number of nitrogens with zero attached hydrogens (tertiary/aromatic N) is 2. The molecule has 2 rings (SSSR count). The molecular formula is C13H20FN3O2S. The minimum Gasteiger partial charge on any atom is -0.399 e. The number of sulfonamides is 1. The molecule has 1 atom stereocenters. The maximum absolute atomic E-state index is 14.1. The number of benzene rings is 1. The summed E-state index contributed by atoms with van der Waals surface area (Å²) in [6.45, 7) is 2.29. The summed E-state index contributed by atoms with van der Waals surface area (Å²) in [6.07, 6.45) is 0.745. The predicted molar refractivity (Wildman–Crippen MR) is 76.4 cm³/mol. The van der Waals surface area contributed by atoms with Crippen LogP contribution < -0.4 is 5.73 Å². The average molecular weight is 301 g/mol. The lowest BCUT2D eigenvalue weighted by Crippen LogP contribution is -2.35. The number of aryl methyl sites for hydroxylation is 1. The van der Waals surface area contributed by atoms with Crippen LogP contribution in [0, 0.1) is 12.7 Å². The first-order valence-corrected chi connectivity index (χ1v) is 7.89. The average Bonchev–Trinajstić information content (AvgIpc) is 2.83. The molecule has 5 nitrogen and oxygen atoms in total. The highest BCUT2D eigenvalue weighted by Crippen LogP contribution is 2.27. The molecule has 0 aromatic heterocycles. The first-order chi connectivity index (χ1) is 9.23. The van der Waals surface area contributed by atoms with Crippen LogP contribution in [0.15, 0.2) is 17.0 Å². The Hall–Kier alpha value is -1.18. The van der Waals surface area contributed by atoms with E-state index in [1.807, 2.05) is 19.0 Å². The molecule has 0 radical (unpaired) electrons. The number of hydrogen-bond acceptors (Lipinski definition) is 4. The molecule has 1 heterocycles. The molecule has 2 N–H and O–H groups in total. The molecule has 20 heavy (non-hydrogen) atoms. The van der Waals surface area contributed by atoms with E-state index in [1.54, 1.807) is 0 Å². The Morgan fingerprint density at radius 1 is 1.40 bits per heavy atom. The van der Waals surface area contributed by atoms with E-state index in [4.69, 9.17) is 5.73 Å². The number of anilines is 1. The standard InChI is InChI=1S/C13H20FN3O2S/c1-9-6-10(15)7-12(13(9)14)20(18,19)17-5-4-11(8-17)16(2)3/h6-7,11H,4-5,8,15H2,1-3H3. The van der Waals surface area contributed by atoms with Gasteiger partial charge in [0, 0.05) is 24.8 Å². The molecular weight excluding hydrogens is 281 g/mol. The number of nitrogen functional groups attached to an aromatic ring is 1. The molecule has 7 heteroatoms. The molecule has 0 bridgehead atoms. The zero-order valence-corrected chi connectivity index (χ0v) is 12.7. The van der Waals surface area contributed by atoms with Crippen molar-refractivity contribution >= 4 is 15.7 Å². The smallest absolute Gasteiger partial charge is 0.246 e. The highest BCUT2D eigenvalue weighted by molar-refractivity contribution is 7.89. The third kappa shape index (κ3) is 2.65. The molecule has 112 valence electrons. The van der Waals surface area contributed by atoms with Crippen LogP contribution in [0.3, 0.4) is 0 Å². The summed E-state index contributed by atoms with van der Waals surface area (Å²) in [5.41, 5.74) is 6.14. The lowest BCUT2D eigenvalue weighted by atomic mass is 10.2. The highest BCUT2D eigenvalue weighted by Gasteiger charge is 2.35. The van der Waals surface area contributed by atoms with Crippen molar-refractivity contribution in [3.63, 3.8) is 0 Å². The fourth-order valence-corrected chi connectivity index (χ4v) is 4.11. The molecule has 1 aromatic rings. The van der Waals surface area contributed by atoms with Crippen molar-refractivity contribution in [3.8, 4) is 0 Å². The van der Waals surface area contributed by atoms with Gasteiger partial charge in [0.2, 0.25) is 10.0 Å². The largest absolute Gasteiger partial charge is 0.399 e. The minimum atomic E-state index is -3.83. The summed E-state index contributed by atoms with van der Waals surface area (Å²) in [6, 6.07) is 2.79. The second-order valence-corrected chi connectivity index (χ2v) is 7.33. The Morgan fingerprint density at radius 3 is 2.60 bits per heavy atom. The topological polar surface area (TPSA) is 66.6 Å². The van der Waals surface area contributed by atoms with Crippen LogP contribution in [-0.4, -0.2) is 50.8 Å². The van der Waals surface area contributed by atoms with Gasteiger partial charge in [0.1, 0.15) is 10.7 Å². The van der Waals surface area contributed by atoms with Gasteiger partial charge in [-0.15, -0.1) is 0 Å². The van der Waals surface area contributed by atoms with Gasteiger partial charge in [-0.25, -0.2) is 12.8 Å². The number of likely N-dealkylation sites (N-methyl/N-ethyl adjacent to an activating group) is 1. The van der Waals surface area contributed by atoms with E-state index in [1.165, 1.54) is 23.4 Å². The van der Waals surface area contributed by atoms with Crippen LogP contribution in [0.1, 0.15) is 12.0 Å². The van der Waals surface area contributed by atoms with Crippen LogP contribution in [0.25, 0.3) is 0 Å². The summed E-state index contributed by atoms with van der Waals surface area (Å²) >= 11 is 0. The molecule has 0 aliphatic carbocycles. The predicted octanol–water partition coefficient (Wildman–Crippen LogP) is 1.04. The Labute approximate surface area is 119 Å². The summed E-state index contributed by atoms with van der Waals surface area (Å²) < 4.78 is 40.5. The van der Waals surface area contributed by atoms with Crippen molar-refractivity contribution in [1.29, 1.82) is 0 Å². The lowest BCUT2D eigenvalue weighted by molar-refractivity contribution is 0.302. The quantitative estimate of drug-likeness (QED) is 0.847. The van der Waals surface area contributed by atoms with Gasteiger partial charge in [0.05, 0.1) is 0 Å². The number of hydrogen-bond donors (Lipinski definition) is 1. The highest BCUT2D eigenvalue weighted by atomic mass is 32.2. The molecule has 1 fully saturated rings. The van der Waals surface area contributed by atoms with E-state index < -0.39 is 15.8 Å². The zero-order valence-electron chi connectivity index (χ0n) is 11.9. The minimum absolute atomic E-state index is 0.162. The molecule has 1 aromatic carbocycles. The Kier molecular flexibility index (Phi) is 4.04. The number of halogens is 1.